The Morgan fingerprint density at radius 2 is 1.75 bits per heavy atom. The van der Waals surface area contributed by atoms with Gasteiger partial charge in [0.05, 0.1) is 7.11 Å². The van der Waals surface area contributed by atoms with E-state index in [4.69, 9.17) is 5.41 Å². The van der Waals surface area contributed by atoms with Gasteiger partial charge in [-0.3, -0.25) is 5.41 Å². The third kappa shape index (κ3) is 1.78. The van der Waals surface area contributed by atoms with E-state index < -0.39 is 11.6 Å². The van der Waals surface area contributed by atoms with Crippen LogP contribution in [0.3, 0.4) is 0 Å². The van der Waals surface area contributed by atoms with Gasteiger partial charge in [0.15, 0.2) is 0 Å². The van der Waals surface area contributed by atoms with Crippen LogP contribution in [-0.4, -0.2) is 13.0 Å². The number of methoxy groups -OCH3 is 1. The Morgan fingerprint density at radius 3 is 2.17 bits per heavy atom. The van der Waals surface area contributed by atoms with Gasteiger partial charge in [-0.05, 0) is 12.1 Å². The van der Waals surface area contributed by atoms with E-state index in [1.165, 1.54) is 7.11 Å². The van der Waals surface area contributed by atoms with E-state index in [1.807, 2.05) is 0 Å². The number of rotatable bonds is 1. The highest BCUT2D eigenvalue weighted by Gasteiger charge is 2.04. The Kier molecular flexibility index (Phi) is 2.38. The molecule has 0 spiro atoms. The monoisotopic (exact) mass is 171 g/mol. The summed E-state index contributed by atoms with van der Waals surface area (Å²) in [7, 11) is 1.27. The van der Waals surface area contributed by atoms with Crippen molar-refractivity contribution in [1.82, 2.24) is 0 Å². The quantitative estimate of drug-likeness (QED) is 0.508. The summed E-state index contributed by atoms with van der Waals surface area (Å²) < 4.78 is 29.6. The molecule has 1 rings (SSSR count). The predicted octanol–water partition coefficient (Wildman–Crippen LogP) is 1.94. The summed E-state index contributed by atoms with van der Waals surface area (Å²) in [5, 5.41) is 7.12. The molecule has 2 nitrogen and oxygen atoms in total. The zero-order valence-corrected chi connectivity index (χ0v) is 6.40. The third-order valence-corrected chi connectivity index (χ3v) is 1.33. The van der Waals surface area contributed by atoms with Crippen molar-refractivity contribution >= 4 is 5.90 Å². The molecular formula is C8H7F2NO. The fourth-order valence-electron chi connectivity index (χ4n) is 0.803. The van der Waals surface area contributed by atoms with Crippen molar-refractivity contribution in [3.63, 3.8) is 0 Å². The molecule has 0 aromatic heterocycles. The van der Waals surface area contributed by atoms with Gasteiger partial charge in [-0.25, -0.2) is 8.78 Å². The van der Waals surface area contributed by atoms with E-state index in [0.717, 1.165) is 18.2 Å². The molecule has 1 aromatic rings. The lowest BCUT2D eigenvalue weighted by Gasteiger charge is -2.01. The Bertz CT molecular complexity index is 292. The first-order valence-corrected chi connectivity index (χ1v) is 3.22. The molecule has 0 fully saturated rings. The number of nitrogens with one attached hydrogen (secondary N) is 1. The van der Waals surface area contributed by atoms with Gasteiger partial charge in [-0.1, -0.05) is 0 Å². The van der Waals surface area contributed by atoms with Gasteiger partial charge in [0.1, 0.15) is 11.6 Å². The van der Waals surface area contributed by atoms with Crippen LogP contribution in [0.25, 0.3) is 0 Å². The van der Waals surface area contributed by atoms with Crippen LogP contribution in [0.5, 0.6) is 0 Å². The van der Waals surface area contributed by atoms with Crippen molar-refractivity contribution < 1.29 is 13.5 Å². The Labute approximate surface area is 68.3 Å². The van der Waals surface area contributed by atoms with Crippen molar-refractivity contribution in [2.24, 2.45) is 0 Å². The standard InChI is InChI=1S/C8H7F2NO/c1-12-8(11)5-2-6(9)4-7(10)3-5/h2-4,11H,1H3. The number of halogens is 2. The summed E-state index contributed by atoms with van der Waals surface area (Å²) in [4.78, 5) is 0. The van der Waals surface area contributed by atoms with Crippen LogP contribution in [0.15, 0.2) is 18.2 Å². The predicted molar refractivity (Wildman–Crippen MR) is 40.2 cm³/mol. The Hall–Kier alpha value is -1.45. The molecule has 4 heteroatoms. The minimum absolute atomic E-state index is 0.0926. The van der Waals surface area contributed by atoms with E-state index in [-0.39, 0.29) is 11.5 Å². The van der Waals surface area contributed by atoms with Gasteiger partial charge < -0.3 is 4.74 Å². The summed E-state index contributed by atoms with van der Waals surface area (Å²) in [6.07, 6.45) is 0. The molecule has 0 bridgehead atoms. The molecule has 0 amide bonds. The van der Waals surface area contributed by atoms with Crippen LogP contribution in [-0.2, 0) is 4.74 Å². The number of benzene rings is 1. The molecule has 0 radical (unpaired) electrons. The summed E-state index contributed by atoms with van der Waals surface area (Å²) in [6.45, 7) is 0. The van der Waals surface area contributed by atoms with Gasteiger partial charge in [-0.15, -0.1) is 0 Å². The highest BCUT2D eigenvalue weighted by atomic mass is 19.1. The molecule has 0 unspecified atom stereocenters. The zero-order chi connectivity index (χ0) is 9.14. The largest absolute Gasteiger partial charge is 0.481 e. The SMILES string of the molecule is COC(=N)c1cc(F)cc(F)c1. The maximum absolute atomic E-state index is 12.5. The second kappa shape index (κ2) is 3.30. The minimum Gasteiger partial charge on any atom is -0.481 e. The third-order valence-electron chi connectivity index (χ3n) is 1.33. The number of hydrogen-bond acceptors (Lipinski definition) is 2. The lowest BCUT2D eigenvalue weighted by atomic mass is 10.2. The van der Waals surface area contributed by atoms with Crippen LogP contribution >= 0.6 is 0 Å². The second-order valence-corrected chi connectivity index (χ2v) is 2.19. The van der Waals surface area contributed by atoms with E-state index in [0.29, 0.717) is 0 Å². The van der Waals surface area contributed by atoms with Crippen LogP contribution in [0.2, 0.25) is 0 Å². The molecule has 0 aliphatic rings. The molecule has 0 aliphatic heterocycles. The first kappa shape index (κ1) is 8.64. The molecule has 0 atom stereocenters. The first-order valence-electron chi connectivity index (χ1n) is 3.22. The van der Waals surface area contributed by atoms with Gasteiger partial charge in [0.25, 0.3) is 0 Å². The summed E-state index contributed by atoms with van der Waals surface area (Å²) in [5.41, 5.74) is 0.0926. The van der Waals surface area contributed by atoms with Gasteiger partial charge in [0.2, 0.25) is 5.90 Å². The van der Waals surface area contributed by atoms with Crippen LogP contribution in [0.4, 0.5) is 8.78 Å². The smallest absolute Gasteiger partial charge is 0.213 e. The second-order valence-electron chi connectivity index (χ2n) is 2.19. The van der Waals surface area contributed by atoms with E-state index in [9.17, 15) is 8.78 Å². The normalized spacial score (nSPS) is 9.58. The highest BCUT2D eigenvalue weighted by molar-refractivity contribution is 5.91. The average Bonchev–Trinajstić information content (AvgIpc) is 2.01. The van der Waals surface area contributed by atoms with Crippen LogP contribution < -0.4 is 0 Å². The van der Waals surface area contributed by atoms with Gasteiger partial charge >= 0.3 is 0 Å². The molecule has 64 valence electrons. The van der Waals surface area contributed by atoms with Crippen molar-refractivity contribution in [3.8, 4) is 0 Å². The summed E-state index contributed by atoms with van der Waals surface area (Å²) >= 11 is 0. The molecule has 12 heavy (non-hydrogen) atoms. The number of ether oxygens (including phenoxy) is 1. The summed E-state index contributed by atoms with van der Waals surface area (Å²) in [5.74, 6) is -1.69. The molecule has 0 saturated heterocycles. The van der Waals surface area contributed by atoms with Crippen LogP contribution in [0.1, 0.15) is 5.56 Å². The van der Waals surface area contributed by atoms with E-state index >= 15 is 0 Å². The maximum atomic E-state index is 12.5. The minimum atomic E-state index is -0.716. The number of hydrogen-bond donors (Lipinski definition) is 1. The molecule has 0 heterocycles. The van der Waals surface area contributed by atoms with Gasteiger partial charge in [-0.2, -0.15) is 0 Å². The maximum Gasteiger partial charge on any atom is 0.213 e. The molecule has 1 N–H and O–H groups in total. The van der Waals surface area contributed by atoms with Crippen molar-refractivity contribution in [2.45, 2.75) is 0 Å². The highest BCUT2D eigenvalue weighted by Crippen LogP contribution is 2.08. The van der Waals surface area contributed by atoms with Gasteiger partial charge in [0, 0.05) is 11.6 Å². The van der Waals surface area contributed by atoms with Crippen molar-refractivity contribution in [1.29, 1.82) is 5.41 Å². The lowest BCUT2D eigenvalue weighted by Crippen LogP contribution is -2.02. The molecular weight excluding hydrogens is 164 g/mol. The Balaban J connectivity index is 3.08. The van der Waals surface area contributed by atoms with Crippen molar-refractivity contribution in [2.75, 3.05) is 7.11 Å². The van der Waals surface area contributed by atoms with E-state index in [1.54, 1.807) is 0 Å². The Morgan fingerprint density at radius 1 is 1.25 bits per heavy atom. The molecule has 0 saturated carbocycles. The van der Waals surface area contributed by atoms with Crippen molar-refractivity contribution in [3.05, 3.63) is 35.4 Å². The topological polar surface area (TPSA) is 33.1 Å². The first-order chi connectivity index (χ1) is 5.63. The zero-order valence-electron chi connectivity index (χ0n) is 6.40. The van der Waals surface area contributed by atoms with Crippen LogP contribution in [0, 0.1) is 17.0 Å². The molecule has 0 aliphatic carbocycles. The van der Waals surface area contributed by atoms with E-state index in [2.05, 4.69) is 4.74 Å². The lowest BCUT2D eigenvalue weighted by molar-refractivity contribution is 0.400. The molecule has 1 aromatic carbocycles. The average molecular weight is 171 g/mol. The summed E-state index contributed by atoms with van der Waals surface area (Å²) in [6, 6.07) is 2.82. The fraction of sp³-hybridized carbons (Fsp3) is 0.125. The fourth-order valence-corrected chi connectivity index (χ4v) is 0.803.